The first kappa shape index (κ1) is 17.1. The Labute approximate surface area is 146 Å². The van der Waals surface area contributed by atoms with Gasteiger partial charge in [-0.05, 0) is 55.7 Å². The molecule has 130 valence electrons. The molecule has 2 aromatic rings. The SMILES string of the molecule is Cc1ccc(F)c(NC(=O)C2CC(=O)N(c3cccc(C)c3C)C2)c1. The molecule has 1 aliphatic rings. The largest absolute Gasteiger partial charge is 0.323 e. The number of nitrogens with zero attached hydrogens (tertiary/aromatic N) is 1. The Kier molecular flexibility index (Phi) is 4.57. The Morgan fingerprint density at radius 1 is 1.20 bits per heavy atom. The Hall–Kier alpha value is -2.69. The van der Waals surface area contributed by atoms with Crippen LogP contribution in [0.5, 0.6) is 0 Å². The smallest absolute Gasteiger partial charge is 0.229 e. The van der Waals surface area contributed by atoms with Crippen LogP contribution in [0.4, 0.5) is 15.8 Å². The Morgan fingerprint density at radius 2 is 1.96 bits per heavy atom. The average molecular weight is 340 g/mol. The molecule has 1 atom stereocenters. The monoisotopic (exact) mass is 340 g/mol. The predicted octanol–water partition coefficient (Wildman–Crippen LogP) is 3.74. The van der Waals surface area contributed by atoms with Crippen LogP contribution in [-0.4, -0.2) is 18.4 Å². The second-order valence-corrected chi connectivity index (χ2v) is 6.60. The summed E-state index contributed by atoms with van der Waals surface area (Å²) in [4.78, 5) is 26.5. The lowest BCUT2D eigenvalue weighted by atomic mass is 10.1. The van der Waals surface area contributed by atoms with Crippen molar-refractivity contribution >= 4 is 23.2 Å². The first-order chi connectivity index (χ1) is 11.9. The molecule has 0 aliphatic carbocycles. The minimum Gasteiger partial charge on any atom is -0.323 e. The number of hydrogen-bond donors (Lipinski definition) is 1. The lowest BCUT2D eigenvalue weighted by Crippen LogP contribution is -2.28. The van der Waals surface area contributed by atoms with Gasteiger partial charge in [-0.2, -0.15) is 0 Å². The van der Waals surface area contributed by atoms with Crippen LogP contribution in [0.15, 0.2) is 36.4 Å². The number of carbonyl (C=O) groups excluding carboxylic acids is 2. The number of aryl methyl sites for hydroxylation is 2. The number of hydrogen-bond acceptors (Lipinski definition) is 2. The highest BCUT2D eigenvalue weighted by Gasteiger charge is 2.36. The molecule has 2 amide bonds. The summed E-state index contributed by atoms with van der Waals surface area (Å²) in [5, 5.41) is 2.62. The van der Waals surface area contributed by atoms with Crippen LogP contribution in [0, 0.1) is 32.5 Å². The third kappa shape index (κ3) is 3.40. The van der Waals surface area contributed by atoms with Crippen molar-refractivity contribution in [3.8, 4) is 0 Å². The summed E-state index contributed by atoms with van der Waals surface area (Å²) in [6, 6.07) is 10.3. The van der Waals surface area contributed by atoms with Crippen LogP contribution in [0.1, 0.15) is 23.1 Å². The van der Waals surface area contributed by atoms with Crippen molar-refractivity contribution in [3.05, 3.63) is 58.9 Å². The maximum absolute atomic E-state index is 13.8. The van der Waals surface area contributed by atoms with Gasteiger partial charge in [-0.1, -0.05) is 18.2 Å². The number of benzene rings is 2. The van der Waals surface area contributed by atoms with Gasteiger partial charge in [0.25, 0.3) is 0 Å². The molecule has 4 nitrogen and oxygen atoms in total. The van der Waals surface area contributed by atoms with E-state index in [1.54, 1.807) is 17.0 Å². The van der Waals surface area contributed by atoms with Crippen LogP contribution >= 0.6 is 0 Å². The topological polar surface area (TPSA) is 49.4 Å². The van der Waals surface area contributed by atoms with Gasteiger partial charge in [0.2, 0.25) is 11.8 Å². The molecule has 0 radical (unpaired) electrons. The highest BCUT2D eigenvalue weighted by atomic mass is 19.1. The summed E-state index contributed by atoms with van der Waals surface area (Å²) in [5.41, 5.74) is 3.97. The average Bonchev–Trinajstić information content (AvgIpc) is 2.95. The minimum atomic E-state index is -0.493. The quantitative estimate of drug-likeness (QED) is 0.925. The van der Waals surface area contributed by atoms with E-state index in [0.29, 0.717) is 6.54 Å². The van der Waals surface area contributed by atoms with Crippen LogP contribution in [0.25, 0.3) is 0 Å². The number of nitrogens with one attached hydrogen (secondary N) is 1. The van der Waals surface area contributed by atoms with Crippen LogP contribution < -0.4 is 10.2 Å². The maximum atomic E-state index is 13.8. The summed E-state index contributed by atoms with van der Waals surface area (Å²) < 4.78 is 13.8. The fourth-order valence-corrected chi connectivity index (χ4v) is 3.11. The molecule has 0 aromatic heterocycles. The predicted molar refractivity (Wildman–Crippen MR) is 96.1 cm³/mol. The van der Waals surface area contributed by atoms with E-state index in [1.807, 2.05) is 39.0 Å². The molecule has 1 heterocycles. The van der Waals surface area contributed by atoms with E-state index in [4.69, 9.17) is 0 Å². The fraction of sp³-hybridized carbons (Fsp3) is 0.300. The molecular weight excluding hydrogens is 319 g/mol. The van der Waals surface area contributed by atoms with Gasteiger partial charge in [0.15, 0.2) is 0 Å². The molecule has 1 fully saturated rings. The molecule has 1 N–H and O–H groups in total. The molecule has 5 heteroatoms. The van der Waals surface area contributed by atoms with Gasteiger partial charge in [-0.25, -0.2) is 4.39 Å². The van der Waals surface area contributed by atoms with E-state index in [0.717, 1.165) is 22.4 Å². The number of carbonyl (C=O) groups is 2. The van der Waals surface area contributed by atoms with E-state index < -0.39 is 11.7 Å². The number of amides is 2. The highest BCUT2D eigenvalue weighted by Crippen LogP contribution is 2.30. The molecule has 0 bridgehead atoms. The lowest BCUT2D eigenvalue weighted by Gasteiger charge is -2.20. The maximum Gasteiger partial charge on any atom is 0.229 e. The summed E-state index contributed by atoms with van der Waals surface area (Å²) in [5.74, 6) is -1.38. The molecule has 25 heavy (non-hydrogen) atoms. The first-order valence-electron chi connectivity index (χ1n) is 8.30. The van der Waals surface area contributed by atoms with Gasteiger partial charge < -0.3 is 10.2 Å². The van der Waals surface area contributed by atoms with Crippen molar-refractivity contribution in [1.29, 1.82) is 0 Å². The van der Waals surface area contributed by atoms with Gasteiger partial charge in [0, 0.05) is 18.7 Å². The number of anilines is 2. The standard InChI is InChI=1S/C20H21FN2O2/c1-12-7-8-16(21)17(9-12)22-20(25)15-10-19(24)23(11-15)18-6-4-5-13(2)14(18)3/h4-9,15H,10-11H2,1-3H3,(H,22,25). The second-order valence-electron chi connectivity index (χ2n) is 6.60. The molecule has 3 rings (SSSR count). The second kappa shape index (κ2) is 6.67. The number of halogens is 1. The van der Waals surface area contributed by atoms with Crippen molar-refractivity contribution in [2.75, 3.05) is 16.8 Å². The molecule has 1 saturated heterocycles. The summed E-state index contributed by atoms with van der Waals surface area (Å²) in [7, 11) is 0. The molecular formula is C20H21FN2O2. The van der Waals surface area contributed by atoms with Crippen LogP contribution in [0.2, 0.25) is 0 Å². The Morgan fingerprint density at radius 3 is 2.72 bits per heavy atom. The minimum absolute atomic E-state index is 0.0847. The van der Waals surface area contributed by atoms with Gasteiger partial charge >= 0.3 is 0 Å². The van der Waals surface area contributed by atoms with Crippen LogP contribution in [-0.2, 0) is 9.59 Å². The van der Waals surface area contributed by atoms with Crippen molar-refractivity contribution in [1.82, 2.24) is 0 Å². The Bertz CT molecular complexity index is 848. The molecule has 2 aromatic carbocycles. The zero-order chi connectivity index (χ0) is 18.1. The fourth-order valence-electron chi connectivity index (χ4n) is 3.11. The highest BCUT2D eigenvalue weighted by molar-refractivity contribution is 6.04. The first-order valence-corrected chi connectivity index (χ1v) is 8.30. The van der Waals surface area contributed by atoms with Gasteiger partial charge in [0.1, 0.15) is 5.82 Å². The van der Waals surface area contributed by atoms with E-state index in [2.05, 4.69) is 5.32 Å². The van der Waals surface area contributed by atoms with E-state index >= 15 is 0 Å². The zero-order valence-corrected chi connectivity index (χ0v) is 14.6. The summed E-state index contributed by atoms with van der Waals surface area (Å²) >= 11 is 0. The molecule has 0 saturated carbocycles. The van der Waals surface area contributed by atoms with E-state index in [9.17, 15) is 14.0 Å². The van der Waals surface area contributed by atoms with E-state index in [-0.39, 0.29) is 23.9 Å². The molecule has 1 unspecified atom stereocenters. The van der Waals surface area contributed by atoms with Crippen LogP contribution in [0.3, 0.4) is 0 Å². The summed E-state index contributed by atoms with van der Waals surface area (Å²) in [6.07, 6.45) is 0.132. The van der Waals surface area contributed by atoms with Crippen molar-refractivity contribution in [3.63, 3.8) is 0 Å². The van der Waals surface area contributed by atoms with Crippen molar-refractivity contribution < 1.29 is 14.0 Å². The molecule has 1 aliphatic heterocycles. The van der Waals surface area contributed by atoms with Gasteiger partial charge in [-0.3, -0.25) is 9.59 Å². The van der Waals surface area contributed by atoms with Gasteiger partial charge in [0.05, 0.1) is 11.6 Å². The lowest BCUT2D eigenvalue weighted by molar-refractivity contribution is -0.122. The van der Waals surface area contributed by atoms with Crippen molar-refractivity contribution in [2.45, 2.75) is 27.2 Å². The Balaban J connectivity index is 1.77. The zero-order valence-electron chi connectivity index (χ0n) is 14.6. The molecule has 0 spiro atoms. The van der Waals surface area contributed by atoms with E-state index in [1.165, 1.54) is 6.07 Å². The van der Waals surface area contributed by atoms with Gasteiger partial charge in [-0.15, -0.1) is 0 Å². The third-order valence-electron chi connectivity index (χ3n) is 4.74. The summed E-state index contributed by atoms with van der Waals surface area (Å²) in [6.45, 7) is 6.09. The number of rotatable bonds is 3. The normalized spacial score (nSPS) is 17.0. The van der Waals surface area contributed by atoms with Crippen molar-refractivity contribution in [2.24, 2.45) is 5.92 Å². The third-order valence-corrected chi connectivity index (χ3v) is 4.74.